The Morgan fingerprint density at radius 2 is 1.56 bits per heavy atom. The van der Waals surface area contributed by atoms with E-state index in [1.165, 1.54) is 33.8 Å². The molecule has 0 radical (unpaired) electrons. The molecule has 1 heterocycles. The quantitative estimate of drug-likeness (QED) is 0.775. The molecule has 1 N–H and O–H groups in total. The van der Waals surface area contributed by atoms with Crippen molar-refractivity contribution in [2.45, 2.75) is 34.6 Å². The van der Waals surface area contributed by atoms with E-state index in [9.17, 15) is 0 Å². The molecule has 0 bridgehead atoms. The van der Waals surface area contributed by atoms with E-state index >= 15 is 0 Å². The summed E-state index contributed by atoms with van der Waals surface area (Å²) in [6, 6.07) is 4.51. The lowest BCUT2D eigenvalue weighted by Gasteiger charge is -2.24. The van der Waals surface area contributed by atoms with Gasteiger partial charge in [0, 0.05) is 17.1 Å². The lowest BCUT2D eigenvalue weighted by Crippen LogP contribution is -2.24. The average molecular weight is 216 g/mol. The number of hydrogen-bond acceptors (Lipinski definition) is 2. The summed E-state index contributed by atoms with van der Waals surface area (Å²) in [5.74, 6) is 0. The number of hydrogen-bond donors (Lipinski definition) is 1. The van der Waals surface area contributed by atoms with Gasteiger partial charge in [-0.15, -0.1) is 0 Å². The smallest absolute Gasteiger partial charge is 0.0921 e. The van der Waals surface area contributed by atoms with E-state index in [2.05, 4.69) is 57.0 Å². The molecule has 1 aromatic rings. The predicted molar refractivity (Wildman–Crippen MR) is 69.5 cm³/mol. The van der Waals surface area contributed by atoms with Crippen LogP contribution in [0.4, 0.5) is 5.69 Å². The molecule has 2 rings (SSSR count). The minimum absolute atomic E-state index is 0.891. The zero-order valence-electron chi connectivity index (χ0n) is 10.8. The maximum Gasteiger partial charge on any atom is 0.0921 e. The number of nitrogens with one attached hydrogen (secondary N) is 1. The summed E-state index contributed by atoms with van der Waals surface area (Å²) in [4.78, 5) is 2.36. The van der Waals surface area contributed by atoms with Crippen molar-refractivity contribution in [1.29, 1.82) is 0 Å². The van der Waals surface area contributed by atoms with Gasteiger partial charge in [0.25, 0.3) is 0 Å². The zero-order valence-corrected chi connectivity index (χ0v) is 10.8. The van der Waals surface area contributed by atoms with Crippen molar-refractivity contribution < 1.29 is 0 Å². The second kappa shape index (κ2) is 3.85. The molecule has 1 aromatic carbocycles. The number of anilines is 1. The normalized spacial score (nSPS) is 15.7. The summed E-state index contributed by atoms with van der Waals surface area (Å²) in [5, 5.41) is 3.39. The van der Waals surface area contributed by atoms with E-state index in [1.807, 2.05) is 0 Å². The topological polar surface area (TPSA) is 15.3 Å². The van der Waals surface area contributed by atoms with Crippen LogP contribution in [0.25, 0.3) is 0 Å². The van der Waals surface area contributed by atoms with Crippen LogP contribution in [0, 0.1) is 20.8 Å². The zero-order chi connectivity index (χ0) is 11.9. The Hall–Kier alpha value is -1.44. The third-order valence-electron chi connectivity index (χ3n) is 3.36. The first-order valence-corrected chi connectivity index (χ1v) is 5.77. The number of nitrogens with zero attached hydrogens (tertiary/aromatic N) is 1. The van der Waals surface area contributed by atoms with Crippen molar-refractivity contribution in [1.82, 2.24) is 5.32 Å². The van der Waals surface area contributed by atoms with Crippen molar-refractivity contribution in [3.05, 3.63) is 40.2 Å². The van der Waals surface area contributed by atoms with Gasteiger partial charge in [-0.3, -0.25) is 0 Å². The molecule has 2 heteroatoms. The van der Waals surface area contributed by atoms with E-state index in [0.29, 0.717) is 0 Å². The summed E-state index contributed by atoms with van der Waals surface area (Å²) in [5.41, 5.74) is 8.01. The minimum Gasteiger partial charge on any atom is -0.370 e. The first kappa shape index (κ1) is 11.1. The van der Waals surface area contributed by atoms with Crippen molar-refractivity contribution in [2.75, 3.05) is 11.6 Å². The fourth-order valence-electron chi connectivity index (χ4n) is 2.49. The average Bonchev–Trinajstić information content (AvgIpc) is 2.48. The third kappa shape index (κ3) is 1.69. The molecule has 2 nitrogen and oxygen atoms in total. The van der Waals surface area contributed by atoms with Gasteiger partial charge >= 0.3 is 0 Å². The molecular formula is C14H20N2. The molecule has 0 aromatic heterocycles. The van der Waals surface area contributed by atoms with E-state index < -0.39 is 0 Å². The molecule has 16 heavy (non-hydrogen) atoms. The second-order valence-electron chi connectivity index (χ2n) is 4.72. The first-order valence-electron chi connectivity index (χ1n) is 5.77. The SMILES string of the molecule is CC1=C(C)N(c2c(C)cc(C)cc2C)CN1. The highest BCUT2D eigenvalue weighted by Gasteiger charge is 2.20. The number of allylic oxidation sites excluding steroid dienone is 2. The monoisotopic (exact) mass is 216 g/mol. The Morgan fingerprint density at radius 3 is 2.00 bits per heavy atom. The molecular weight excluding hydrogens is 196 g/mol. The highest BCUT2D eigenvalue weighted by atomic mass is 15.3. The van der Waals surface area contributed by atoms with Crippen molar-refractivity contribution in [3.63, 3.8) is 0 Å². The van der Waals surface area contributed by atoms with Crippen LogP contribution in [0.1, 0.15) is 30.5 Å². The summed E-state index contributed by atoms with van der Waals surface area (Å²) in [6.45, 7) is 11.7. The van der Waals surface area contributed by atoms with Crippen molar-refractivity contribution in [2.24, 2.45) is 0 Å². The van der Waals surface area contributed by atoms with Gasteiger partial charge in [-0.05, 0) is 45.7 Å². The molecule has 0 fully saturated rings. The van der Waals surface area contributed by atoms with Crippen LogP contribution in [-0.4, -0.2) is 6.67 Å². The fourth-order valence-corrected chi connectivity index (χ4v) is 2.49. The highest BCUT2D eigenvalue weighted by Crippen LogP contribution is 2.31. The van der Waals surface area contributed by atoms with Gasteiger partial charge < -0.3 is 10.2 Å². The Bertz CT molecular complexity index is 435. The fraction of sp³-hybridized carbons (Fsp3) is 0.429. The van der Waals surface area contributed by atoms with Crippen molar-refractivity contribution >= 4 is 5.69 Å². The lowest BCUT2D eigenvalue weighted by molar-refractivity contribution is 0.855. The van der Waals surface area contributed by atoms with Crippen LogP contribution in [0.3, 0.4) is 0 Å². The first-order chi connectivity index (χ1) is 7.50. The van der Waals surface area contributed by atoms with Crippen LogP contribution < -0.4 is 10.2 Å². The minimum atomic E-state index is 0.891. The molecule has 0 amide bonds. The maximum atomic E-state index is 3.39. The molecule has 0 spiro atoms. The van der Waals surface area contributed by atoms with Gasteiger partial charge in [0.05, 0.1) is 6.67 Å². The van der Waals surface area contributed by atoms with Gasteiger partial charge in [-0.1, -0.05) is 17.7 Å². The molecule has 0 atom stereocenters. The Kier molecular flexibility index (Phi) is 2.66. The van der Waals surface area contributed by atoms with Crippen LogP contribution >= 0.6 is 0 Å². The summed E-state index contributed by atoms with van der Waals surface area (Å²) in [7, 11) is 0. The van der Waals surface area contributed by atoms with Crippen LogP contribution in [0.5, 0.6) is 0 Å². The number of rotatable bonds is 1. The van der Waals surface area contributed by atoms with E-state index in [-0.39, 0.29) is 0 Å². The van der Waals surface area contributed by atoms with Crippen LogP contribution in [-0.2, 0) is 0 Å². The lowest BCUT2D eigenvalue weighted by atomic mass is 10.0. The van der Waals surface area contributed by atoms with Gasteiger partial charge in [-0.2, -0.15) is 0 Å². The number of benzene rings is 1. The largest absolute Gasteiger partial charge is 0.370 e. The summed E-state index contributed by atoms with van der Waals surface area (Å²) in [6.07, 6.45) is 0. The van der Waals surface area contributed by atoms with E-state index in [4.69, 9.17) is 0 Å². The third-order valence-corrected chi connectivity index (χ3v) is 3.36. The van der Waals surface area contributed by atoms with E-state index in [1.54, 1.807) is 0 Å². The molecule has 0 unspecified atom stereocenters. The molecule has 0 aliphatic carbocycles. The van der Waals surface area contributed by atoms with Gasteiger partial charge in [0.15, 0.2) is 0 Å². The predicted octanol–water partition coefficient (Wildman–Crippen LogP) is 3.23. The van der Waals surface area contributed by atoms with Crippen LogP contribution in [0.15, 0.2) is 23.5 Å². The standard InChI is InChI=1S/C14H20N2/c1-9-6-10(2)14(11(3)7-9)16-8-15-12(4)13(16)5/h6-7,15H,8H2,1-5H3. The molecule has 0 saturated heterocycles. The van der Waals surface area contributed by atoms with Crippen LogP contribution in [0.2, 0.25) is 0 Å². The van der Waals surface area contributed by atoms with Gasteiger partial charge in [-0.25, -0.2) is 0 Å². The molecule has 1 aliphatic rings. The molecule has 1 aliphatic heterocycles. The van der Waals surface area contributed by atoms with E-state index in [0.717, 1.165) is 6.67 Å². The summed E-state index contributed by atoms with van der Waals surface area (Å²) >= 11 is 0. The van der Waals surface area contributed by atoms with Gasteiger partial charge in [0.1, 0.15) is 0 Å². The Morgan fingerprint density at radius 1 is 1.00 bits per heavy atom. The van der Waals surface area contributed by atoms with Gasteiger partial charge in [0.2, 0.25) is 0 Å². The summed E-state index contributed by atoms with van der Waals surface area (Å²) < 4.78 is 0. The highest BCUT2D eigenvalue weighted by molar-refractivity contribution is 5.64. The Balaban J connectivity index is 2.50. The number of aryl methyl sites for hydroxylation is 3. The molecule has 86 valence electrons. The maximum absolute atomic E-state index is 3.39. The second-order valence-corrected chi connectivity index (χ2v) is 4.72. The van der Waals surface area contributed by atoms with Crippen molar-refractivity contribution in [3.8, 4) is 0 Å². The Labute approximate surface area is 98.0 Å². The molecule has 0 saturated carbocycles.